The van der Waals surface area contributed by atoms with Crippen LogP contribution in [0, 0.1) is 11.3 Å². The number of nitriles is 1. The quantitative estimate of drug-likeness (QED) is 0.845. The maximum absolute atomic E-state index is 11.6. The molecule has 0 fully saturated rings. The molecule has 0 aromatic carbocycles. The van der Waals surface area contributed by atoms with Crippen molar-refractivity contribution in [2.75, 3.05) is 37.8 Å². The first-order valence-electron chi connectivity index (χ1n) is 5.11. The molecule has 1 heterocycles. The normalized spacial score (nSPS) is 9.76. The Kier molecular flexibility index (Phi) is 4.29. The van der Waals surface area contributed by atoms with Crippen LogP contribution in [0.4, 0.5) is 10.8 Å². The molecule has 0 saturated heterocycles. The van der Waals surface area contributed by atoms with Crippen LogP contribution in [0.3, 0.4) is 0 Å². The summed E-state index contributed by atoms with van der Waals surface area (Å²) in [5.74, 6) is 0.200. The number of anilines is 2. The largest absolute Gasteiger partial charge is 0.382 e. The van der Waals surface area contributed by atoms with Gasteiger partial charge in [-0.25, -0.2) is 0 Å². The number of nitrogens with zero attached hydrogens (tertiary/aromatic N) is 4. The lowest BCUT2D eigenvalue weighted by molar-refractivity contribution is -0.127. The van der Waals surface area contributed by atoms with Gasteiger partial charge in [-0.15, -0.1) is 0 Å². The van der Waals surface area contributed by atoms with Crippen LogP contribution in [-0.2, 0) is 4.79 Å². The van der Waals surface area contributed by atoms with E-state index in [-0.39, 0.29) is 18.3 Å². The van der Waals surface area contributed by atoms with Crippen LogP contribution in [0.5, 0.6) is 0 Å². The fourth-order valence-electron chi connectivity index (χ4n) is 1.25. The number of nitrogens with two attached hydrogens (primary N) is 1. The molecule has 0 spiro atoms. The van der Waals surface area contributed by atoms with Gasteiger partial charge in [-0.3, -0.25) is 4.79 Å². The summed E-state index contributed by atoms with van der Waals surface area (Å²) in [4.78, 5) is 15.0. The van der Waals surface area contributed by atoms with Crippen LogP contribution < -0.4 is 10.6 Å². The van der Waals surface area contributed by atoms with Gasteiger partial charge >= 0.3 is 0 Å². The molecule has 0 aliphatic carbocycles. The smallest absolute Gasteiger partial charge is 0.241 e. The van der Waals surface area contributed by atoms with Gasteiger partial charge in [-0.1, -0.05) is 0 Å². The highest BCUT2D eigenvalue weighted by Crippen LogP contribution is 2.29. The Morgan fingerprint density at radius 2 is 2.24 bits per heavy atom. The monoisotopic (exact) mass is 253 g/mol. The second kappa shape index (κ2) is 5.50. The summed E-state index contributed by atoms with van der Waals surface area (Å²) in [6.07, 6.45) is 0. The van der Waals surface area contributed by atoms with Crippen molar-refractivity contribution in [3.63, 3.8) is 0 Å². The topological polar surface area (TPSA) is 86.2 Å². The van der Waals surface area contributed by atoms with E-state index in [1.807, 2.05) is 13.0 Å². The van der Waals surface area contributed by atoms with Gasteiger partial charge < -0.3 is 15.5 Å². The summed E-state index contributed by atoms with van der Waals surface area (Å²) in [6, 6.07) is 2.02. The highest BCUT2D eigenvalue weighted by Gasteiger charge is 2.19. The molecule has 0 aliphatic heterocycles. The zero-order valence-electron chi connectivity index (χ0n) is 10.1. The molecular weight excluding hydrogens is 238 g/mol. The summed E-state index contributed by atoms with van der Waals surface area (Å²) in [7, 11) is 3.39. The Bertz CT molecular complexity index is 448. The molecule has 0 unspecified atom stereocenters. The van der Waals surface area contributed by atoms with Gasteiger partial charge in [0.25, 0.3) is 0 Å². The van der Waals surface area contributed by atoms with Crippen LogP contribution in [0.2, 0.25) is 0 Å². The average molecular weight is 253 g/mol. The fourth-order valence-corrected chi connectivity index (χ4v) is 2.07. The van der Waals surface area contributed by atoms with Crippen molar-refractivity contribution in [2.24, 2.45) is 0 Å². The molecule has 0 bridgehead atoms. The minimum atomic E-state index is -0.0253. The molecule has 0 aliphatic rings. The number of amides is 1. The number of hydrogen-bond acceptors (Lipinski definition) is 6. The number of carbonyl (C=O) groups is 1. The average Bonchev–Trinajstić information content (AvgIpc) is 2.66. The van der Waals surface area contributed by atoms with Crippen molar-refractivity contribution >= 4 is 28.3 Å². The van der Waals surface area contributed by atoms with E-state index in [1.165, 1.54) is 4.90 Å². The van der Waals surface area contributed by atoms with Crippen molar-refractivity contribution in [1.82, 2.24) is 9.27 Å². The Morgan fingerprint density at radius 3 is 2.71 bits per heavy atom. The van der Waals surface area contributed by atoms with Gasteiger partial charge in [-0.2, -0.15) is 9.64 Å². The summed E-state index contributed by atoms with van der Waals surface area (Å²) in [6.45, 7) is 2.76. The first-order chi connectivity index (χ1) is 8.01. The summed E-state index contributed by atoms with van der Waals surface area (Å²) in [5.41, 5.74) is 5.94. The van der Waals surface area contributed by atoms with E-state index < -0.39 is 0 Å². The first-order valence-corrected chi connectivity index (χ1v) is 5.88. The van der Waals surface area contributed by atoms with E-state index in [4.69, 9.17) is 11.0 Å². The molecule has 1 amide bonds. The predicted molar refractivity (Wildman–Crippen MR) is 67.8 cm³/mol. The highest BCUT2D eigenvalue weighted by atomic mass is 32.1. The molecule has 0 saturated carbocycles. The van der Waals surface area contributed by atoms with Gasteiger partial charge in [0.1, 0.15) is 16.6 Å². The molecule has 1 rings (SSSR count). The highest BCUT2D eigenvalue weighted by molar-refractivity contribution is 7.10. The zero-order chi connectivity index (χ0) is 13.0. The van der Waals surface area contributed by atoms with Crippen LogP contribution in [0.15, 0.2) is 0 Å². The van der Waals surface area contributed by atoms with Crippen molar-refractivity contribution in [3.05, 3.63) is 5.56 Å². The molecule has 92 valence electrons. The summed E-state index contributed by atoms with van der Waals surface area (Å²) in [5, 5.41) is 9.65. The first kappa shape index (κ1) is 13.3. The minimum absolute atomic E-state index is 0.0253. The van der Waals surface area contributed by atoms with Crippen molar-refractivity contribution in [1.29, 1.82) is 5.26 Å². The van der Waals surface area contributed by atoms with Crippen LogP contribution >= 0.6 is 11.5 Å². The summed E-state index contributed by atoms with van der Waals surface area (Å²) >= 11 is 1.14. The van der Waals surface area contributed by atoms with E-state index in [0.29, 0.717) is 17.1 Å². The van der Waals surface area contributed by atoms with Crippen LogP contribution in [-0.4, -0.2) is 42.4 Å². The molecule has 1 aromatic heterocycles. The fraction of sp³-hybridized carbons (Fsp3) is 0.500. The Balaban J connectivity index is 2.95. The molecule has 0 radical (unpaired) electrons. The molecule has 7 heteroatoms. The third-order valence-electron chi connectivity index (χ3n) is 2.31. The second-order valence-corrected chi connectivity index (χ2v) is 4.41. The van der Waals surface area contributed by atoms with E-state index in [1.54, 1.807) is 19.0 Å². The Labute approximate surface area is 104 Å². The molecule has 0 atom stereocenters. The van der Waals surface area contributed by atoms with E-state index in [0.717, 1.165) is 11.5 Å². The number of aromatic nitrogens is 1. The molecule has 1 aromatic rings. The third-order valence-corrected chi connectivity index (χ3v) is 3.23. The Hall–Kier alpha value is -1.81. The van der Waals surface area contributed by atoms with Crippen molar-refractivity contribution < 1.29 is 4.79 Å². The van der Waals surface area contributed by atoms with Gasteiger partial charge in [0.15, 0.2) is 5.82 Å². The van der Waals surface area contributed by atoms with Crippen LogP contribution in [0.25, 0.3) is 0 Å². The lowest BCUT2D eigenvalue weighted by Crippen LogP contribution is -2.36. The standard InChI is InChI=1S/C10H15N5OS/c1-4-15(6-8(16)14(2)3)10-7(5-11)9(12)13-17-10/h4,6H2,1-3H3,(H2,12,13). The van der Waals surface area contributed by atoms with Crippen LogP contribution in [0.1, 0.15) is 12.5 Å². The summed E-state index contributed by atoms with van der Waals surface area (Å²) < 4.78 is 3.94. The minimum Gasteiger partial charge on any atom is -0.382 e. The number of rotatable bonds is 4. The Morgan fingerprint density at radius 1 is 1.59 bits per heavy atom. The zero-order valence-corrected chi connectivity index (χ0v) is 10.9. The molecular formula is C10H15N5OS. The number of hydrogen-bond donors (Lipinski definition) is 1. The molecule has 17 heavy (non-hydrogen) atoms. The number of carbonyl (C=O) groups excluding carboxylic acids is 1. The van der Waals surface area contributed by atoms with Gasteiger partial charge in [-0.05, 0) is 18.5 Å². The maximum atomic E-state index is 11.6. The van der Waals surface area contributed by atoms with Gasteiger partial charge in [0, 0.05) is 20.6 Å². The van der Waals surface area contributed by atoms with Gasteiger partial charge in [0.05, 0.1) is 6.54 Å². The van der Waals surface area contributed by atoms with E-state index in [2.05, 4.69) is 4.37 Å². The van der Waals surface area contributed by atoms with Crippen molar-refractivity contribution in [3.8, 4) is 6.07 Å². The van der Waals surface area contributed by atoms with Crippen molar-refractivity contribution in [2.45, 2.75) is 6.92 Å². The SMILES string of the molecule is CCN(CC(=O)N(C)C)c1snc(N)c1C#N. The molecule has 6 nitrogen and oxygen atoms in total. The van der Waals surface area contributed by atoms with E-state index in [9.17, 15) is 4.79 Å². The second-order valence-electron chi connectivity index (χ2n) is 3.66. The number of nitrogen functional groups attached to an aromatic ring is 1. The van der Waals surface area contributed by atoms with E-state index >= 15 is 0 Å². The lowest BCUT2D eigenvalue weighted by Gasteiger charge is -2.22. The molecule has 2 N–H and O–H groups in total. The number of likely N-dealkylation sites (N-methyl/N-ethyl adjacent to an activating group) is 2. The van der Waals surface area contributed by atoms with Gasteiger partial charge in [0.2, 0.25) is 5.91 Å². The predicted octanol–water partition coefficient (Wildman–Crippen LogP) is 0.511. The lowest BCUT2D eigenvalue weighted by atomic mass is 10.3. The third kappa shape index (κ3) is 2.85. The maximum Gasteiger partial charge on any atom is 0.241 e.